The minimum Gasteiger partial charge on any atom is -0.495 e. The molecule has 0 bridgehead atoms. The monoisotopic (exact) mass is 250 g/mol. The number of aliphatic hydroxyl groups excluding tert-OH is 1. The van der Waals surface area contributed by atoms with Gasteiger partial charge in [0, 0.05) is 12.8 Å². The molecule has 4 heteroatoms. The van der Waals surface area contributed by atoms with Crippen molar-refractivity contribution in [1.29, 1.82) is 0 Å². The van der Waals surface area contributed by atoms with Crippen molar-refractivity contribution in [2.75, 3.05) is 20.8 Å². The lowest BCUT2D eigenvalue weighted by atomic mass is 10.1. The number of hydrogen-bond acceptors (Lipinski definition) is 4. The van der Waals surface area contributed by atoms with Crippen molar-refractivity contribution in [3.8, 4) is 11.5 Å². The molecule has 0 saturated heterocycles. The first-order chi connectivity index (χ1) is 8.74. The molecular formula is C14H18O4. The van der Waals surface area contributed by atoms with Gasteiger partial charge in [-0.05, 0) is 23.8 Å². The minimum atomic E-state index is -0.592. The van der Waals surface area contributed by atoms with Gasteiger partial charge in [-0.25, -0.2) is 0 Å². The van der Waals surface area contributed by atoms with E-state index in [2.05, 4.69) is 0 Å². The average Bonchev–Trinajstić information content (AvgIpc) is 2.92. The molecule has 18 heavy (non-hydrogen) atoms. The average molecular weight is 250 g/mol. The third-order valence-corrected chi connectivity index (χ3v) is 2.94. The lowest BCUT2D eigenvalue weighted by molar-refractivity contribution is 0.118. The van der Waals surface area contributed by atoms with Gasteiger partial charge < -0.3 is 19.3 Å². The number of methoxy groups -OCH3 is 2. The van der Waals surface area contributed by atoms with E-state index in [-0.39, 0.29) is 0 Å². The minimum absolute atomic E-state index is 0.506. The fourth-order valence-corrected chi connectivity index (χ4v) is 2.00. The van der Waals surface area contributed by atoms with Crippen molar-refractivity contribution in [3.63, 3.8) is 0 Å². The zero-order valence-electron chi connectivity index (χ0n) is 10.7. The fourth-order valence-electron chi connectivity index (χ4n) is 2.00. The SMILES string of the molecule is COc1ccc(CC(O)C2=CCCO2)cc1OC. The molecule has 1 aromatic carbocycles. The Morgan fingerprint density at radius 2 is 2.06 bits per heavy atom. The largest absolute Gasteiger partial charge is 0.495 e. The molecule has 98 valence electrons. The molecule has 1 aliphatic rings. The van der Waals surface area contributed by atoms with Crippen LogP contribution in [-0.2, 0) is 11.2 Å². The smallest absolute Gasteiger partial charge is 0.160 e. The first-order valence-electron chi connectivity index (χ1n) is 5.96. The summed E-state index contributed by atoms with van der Waals surface area (Å²) in [6.07, 6.45) is 2.72. The summed E-state index contributed by atoms with van der Waals surface area (Å²) < 4.78 is 15.7. The van der Waals surface area contributed by atoms with Crippen LogP contribution in [0.25, 0.3) is 0 Å². The molecule has 1 aliphatic heterocycles. The topological polar surface area (TPSA) is 47.9 Å². The summed E-state index contributed by atoms with van der Waals surface area (Å²) in [5.74, 6) is 2.03. The van der Waals surface area contributed by atoms with Crippen LogP contribution in [0.15, 0.2) is 30.0 Å². The van der Waals surface area contributed by atoms with Crippen LogP contribution in [0.2, 0.25) is 0 Å². The van der Waals surface area contributed by atoms with Gasteiger partial charge in [-0.3, -0.25) is 0 Å². The van der Waals surface area contributed by atoms with E-state index in [0.29, 0.717) is 30.3 Å². The van der Waals surface area contributed by atoms with Crippen LogP contribution in [-0.4, -0.2) is 32.0 Å². The van der Waals surface area contributed by atoms with E-state index < -0.39 is 6.10 Å². The molecule has 1 heterocycles. The number of benzene rings is 1. The van der Waals surface area contributed by atoms with E-state index in [1.54, 1.807) is 14.2 Å². The molecule has 1 atom stereocenters. The summed E-state index contributed by atoms with van der Waals surface area (Å²) in [6, 6.07) is 5.63. The normalized spacial score (nSPS) is 15.8. The summed E-state index contributed by atoms with van der Waals surface area (Å²) in [4.78, 5) is 0. The summed E-state index contributed by atoms with van der Waals surface area (Å²) >= 11 is 0. The van der Waals surface area contributed by atoms with Crippen LogP contribution >= 0.6 is 0 Å². The van der Waals surface area contributed by atoms with E-state index in [1.165, 1.54) is 0 Å². The van der Waals surface area contributed by atoms with Crippen molar-refractivity contribution in [2.45, 2.75) is 18.9 Å². The molecule has 1 unspecified atom stereocenters. The van der Waals surface area contributed by atoms with E-state index in [9.17, 15) is 5.11 Å². The Balaban J connectivity index is 2.09. The van der Waals surface area contributed by atoms with E-state index in [1.807, 2.05) is 24.3 Å². The molecule has 0 fully saturated rings. The molecule has 0 saturated carbocycles. The van der Waals surface area contributed by atoms with Crippen LogP contribution in [0.1, 0.15) is 12.0 Å². The lowest BCUT2D eigenvalue weighted by Crippen LogP contribution is -2.14. The Morgan fingerprint density at radius 3 is 2.67 bits per heavy atom. The first-order valence-corrected chi connectivity index (χ1v) is 5.96. The maximum atomic E-state index is 10.0. The molecule has 0 aromatic heterocycles. The van der Waals surface area contributed by atoms with Crippen molar-refractivity contribution in [1.82, 2.24) is 0 Å². The molecule has 0 aliphatic carbocycles. The molecule has 2 rings (SSSR count). The van der Waals surface area contributed by atoms with Crippen molar-refractivity contribution < 1.29 is 19.3 Å². The maximum absolute atomic E-state index is 10.0. The Hall–Kier alpha value is -1.68. The second kappa shape index (κ2) is 5.78. The molecule has 1 aromatic rings. The van der Waals surface area contributed by atoms with Gasteiger partial charge in [0.25, 0.3) is 0 Å². The summed E-state index contributed by atoms with van der Waals surface area (Å²) in [6.45, 7) is 0.665. The zero-order valence-corrected chi connectivity index (χ0v) is 10.7. The highest BCUT2D eigenvalue weighted by atomic mass is 16.5. The van der Waals surface area contributed by atoms with Crippen molar-refractivity contribution in [2.24, 2.45) is 0 Å². The van der Waals surface area contributed by atoms with Gasteiger partial charge in [-0.1, -0.05) is 6.07 Å². The summed E-state index contributed by atoms with van der Waals surface area (Å²) in [5, 5.41) is 10.0. The number of hydrogen-bond donors (Lipinski definition) is 1. The molecule has 0 amide bonds. The molecule has 0 spiro atoms. The van der Waals surface area contributed by atoms with Crippen molar-refractivity contribution >= 4 is 0 Å². The number of aliphatic hydroxyl groups is 1. The molecule has 1 N–H and O–H groups in total. The predicted octanol–water partition coefficient (Wildman–Crippen LogP) is 1.91. The van der Waals surface area contributed by atoms with Gasteiger partial charge in [0.15, 0.2) is 11.5 Å². The summed E-state index contributed by atoms with van der Waals surface area (Å²) in [7, 11) is 3.20. The predicted molar refractivity (Wildman–Crippen MR) is 67.9 cm³/mol. The zero-order chi connectivity index (χ0) is 13.0. The Bertz CT molecular complexity index is 439. The van der Waals surface area contributed by atoms with Gasteiger partial charge in [-0.2, -0.15) is 0 Å². The maximum Gasteiger partial charge on any atom is 0.160 e. The van der Waals surface area contributed by atoms with Gasteiger partial charge in [0.1, 0.15) is 11.9 Å². The van der Waals surface area contributed by atoms with Gasteiger partial charge in [-0.15, -0.1) is 0 Å². The van der Waals surface area contributed by atoms with Gasteiger partial charge >= 0.3 is 0 Å². The van der Waals surface area contributed by atoms with Crippen LogP contribution in [0.4, 0.5) is 0 Å². The van der Waals surface area contributed by atoms with Gasteiger partial charge in [0.05, 0.1) is 20.8 Å². The van der Waals surface area contributed by atoms with Crippen LogP contribution in [0.3, 0.4) is 0 Å². The lowest BCUT2D eigenvalue weighted by Gasteiger charge is -2.14. The van der Waals surface area contributed by atoms with E-state index in [4.69, 9.17) is 14.2 Å². The van der Waals surface area contributed by atoms with E-state index >= 15 is 0 Å². The van der Waals surface area contributed by atoms with Crippen LogP contribution in [0.5, 0.6) is 11.5 Å². The molecule has 0 radical (unpaired) electrons. The van der Waals surface area contributed by atoms with E-state index in [0.717, 1.165) is 12.0 Å². The highest BCUT2D eigenvalue weighted by Gasteiger charge is 2.17. The van der Waals surface area contributed by atoms with Crippen molar-refractivity contribution in [3.05, 3.63) is 35.6 Å². The summed E-state index contributed by atoms with van der Waals surface area (Å²) in [5.41, 5.74) is 0.983. The second-order valence-electron chi connectivity index (χ2n) is 4.15. The van der Waals surface area contributed by atoms with Crippen LogP contribution < -0.4 is 9.47 Å². The second-order valence-corrected chi connectivity index (χ2v) is 4.15. The van der Waals surface area contributed by atoms with Crippen LogP contribution in [0, 0.1) is 0 Å². The number of ether oxygens (including phenoxy) is 3. The van der Waals surface area contributed by atoms with Gasteiger partial charge in [0.2, 0.25) is 0 Å². The third-order valence-electron chi connectivity index (χ3n) is 2.94. The first kappa shape index (κ1) is 12.8. The highest BCUT2D eigenvalue weighted by molar-refractivity contribution is 5.43. The quantitative estimate of drug-likeness (QED) is 0.867. The highest BCUT2D eigenvalue weighted by Crippen LogP contribution is 2.28. The number of rotatable bonds is 5. The Labute approximate surface area is 107 Å². The molecule has 4 nitrogen and oxygen atoms in total. The fraction of sp³-hybridized carbons (Fsp3) is 0.429. The Kier molecular flexibility index (Phi) is 4.10. The Morgan fingerprint density at radius 1 is 1.28 bits per heavy atom. The standard InChI is InChI=1S/C14H18O4/c1-16-13-6-5-10(9-14(13)17-2)8-11(15)12-4-3-7-18-12/h4-6,9,11,15H,3,7-8H2,1-2H3. The molecular weight excluding hydrogens is 232 g/mol. The third kappa shape index (κ3) is 2.76.